The van der Waals surface area contributed by atoms with Gasteiger partial charge in [-0.3, -0.25) is 0 Å². The molecule has 7 heteroatoms. The van der Waals surface area contributed by atoms with Crippen LogP contribution in [0.15, 0.2) is 47.8 Å². The van der Waals surface area contributed by atoms with Gasteiger partial charge in [0.05, 0.1) is 32.6 Å². The Morgan fingerprint density at radius 1 is 1.00 bits per heavy atom. The van der Waals surface area contributed by atoms with E-state index in [9.17, 15) is 4.79 Å². The summed E-state index contributed by atoms with van der Waals surface area (Å²) in [4.78, 5) is 16.8. The maximum Gasteiger partial charge on any atom is 0.338 e. The maximum absolute atomic E-state index is 12.3. The molecule has 6 nitrogen and oxygen atoms in total. The predicted octanol–water partition coefficient (Wildman–Crippen LogP) is 4.19. The quantitative estimate of drug-likeness (QED) is 0.568. The molecule has 0 saturated carbocycles. The number of methoxy groups -OCH3 is 3. The summed E-state index contributed by atoms with van der Waals surface area (Å²) in [6.45, 7) is 0.0909. The Morgan fingerprint density at radius 2 is 1.81 bits per heavy atom. The molecule has 0 unspecified atom stereocenters. The second-order valence-electron chi connectivity index (χ2n) is 5.52. The van der Waals surface area contributed by atoms with Crippen LogP contribution in [0.2, 0.25) is 0 Å². The number of carbonyl (C=O) groups excluding carboxylic acids is 1. The average molecular weight is 385 g/mol. The van der Waals surface area contributed by atoms with Crippen molar-refractivity contribution in [2.24, 2.45) is 0 Å². The summed E-state index contributed by atoms with van der Waals surface area (Å²) in [6.07, 6.45) is 0. The van der Waals surface area contributed by atoms with Gasteiger partial charge in [0.25, 0.3) is 0 Å². The summed E-state index contributed by atoms with van der Waals surface area (Å²) in [5.74, 6) is 1.34. The first-order valence-electron chi connectivity index (χ1n) is 8.12. The van der Waals surface area contributed by atoms with Gasteiger partial charge in [-0.25, -0.2) is 9.78 Å². The molecule has 3 rings (SSSR count). The number of aromatic nitrogens is 1. The molecule has 0 radical (unpaired) electrons. The van der Waals surface area contributed by atoms with E-state index < -0.39 is 5.97 Å². The van der Waals surface area contributed by atoms with E-state index in [4.69, 9.17) is 18.9 Å². The van der Waals surface area contributed by atoms with Gasteiger partial charge >= 0.3 is 5.97 Å². The van der Waals surface area contributed by atoms with Crippen LogP contribution in [0.25, 0.3) is 10.6 Å². The zero-order chi connectivity index (χ0) is 19.2. The third-order valence-corrected chi connectivity index (χ3v) is 4.78. The third-order valence-electron chi connectivity index (χ3n) is 3.84. The molecule has 0 bridgehead atoms. The first-order valence-corrected chi connectivity index (χ1v) is 9.00. The van der Waals surface area contributed by atoms with E-state index in [-0.39, 0.29) is 6.61 Å². The molecule has 27 heavy (non-hydrogen) atoms. The molecule has 1 heterocycles. The monoisotopic (exact) mass is 385 g/mol. The highest BCUT2D eigenvalue weighted by molar-refractivity contribution is 7.13. The lowest BCUT2D eigenvalue weighted by Gasteiger charge is -2.09. The van der Waals surface area contributed by atoms with Gasteiger partial charge in [0, 0.05) is 10.9 Å². The minimum Gasteiger partial charge on any atom is -0.497 e. The van der Waals surface area contributed by atoms with Crippen molar-refractivity contribution in [1.82, 2.24) is 4.98 Å². The topological polar surface area (TPSA) is 66.9 Å². The number of ether oxygens (including phenoxy) is 4. The van der Waals surface area contributed by atoms with E-state index in [2.05, 4.69) is 4.98 Å². The number of hydrogen-bond acceptors (Lipinski definition) is 7. The van der Waals surface area contributed by atoms with Crippen molar-refractivity contribution < 1.29 is 23.7 Å². The number of nitrogens with zero attached hydrogens (tertiary/aromatic N) is 1. The molecule has 0 atom stereocenters. The van der Waals surface area contributed by atoms with E-state index in [0.29, 0.717) is 22.8 Å². The van der Waals surface area contributed by atoms with Gasteiger partial charge in [-0.15, -0.1) is 11.3 Å². The molecule has 0 spiro atoms. The predicted molar refractivity (Wildman–Crippen MR) is 103 cm³/mol. The van der Waals surface area contributed by atoms with Crippen LogP contribution in [0, 0.1) is 0 Å². The Morgan fingerprint density at radius 3 is 2.56 bits per heavy atom. The van der Waals surface area contributed by atoms with Crippen LogP contribution in [-0.4, -0.2) is 32.3 Å². The summed E-state index contributed by atoms with van der Waals surface area (Å²) in [7, 11) is 4.68. The Hall–Kier alpha value is -3.06. The fourth-order valence-corrected chi connectivity index (χ4v) is 3.25. The van der Waals surface area contributed by atoms with Crippen LogP contribution < -0.4 is 14.2 Å². The zero-order valence-electron chi connectivity index (χ0n) is 15.2. The summed E-state index contributed by atoms with van der Waals surface area (Å²) in [5.41, 5.74) is 2.03. The van der Waals surface area contributed by atoms with Crippen LogP contribution in [0.5, 0.6) is 17.2 Å². The number of rotatable bonds is 7. The Labute approximate surface area is 161 Å². The number of thiazole rings is 1. The van der Waals surface area contributed by atoms with E-state index in [1.807, 2.05) is 29.6 Å². The summed E-state index contributed by atoms with van der Waals surface area (Å²) >= 11 is 1.49. The van der Waals surface area contributed by atoms with E-state index in [1.165, 1.54) is 25.6 Å². The van der Waals surface area contributed by atoms with Crippen molar-refractivity contribution in [3.8, 4) is 27.8 Å². The van der Waals surface area contributed by atoms with Gasteiger partial charge in [-0.1, -0.05) is 12.1 Å². The van der Waals surface area contributed by atoms with Crippen LogP contribution in [0.1, 0.15) is 16.1 Å². The fraction of sp³-hybridized carbons (Fsp3) is 0.200. The molecular weight excluding hydrogens is 366 g/mol. The average Bonchev–Trinajstić information content (AvgIpc) is 3.20. The third kappa shape index (κ3) is 4.38. The molecule has 0 aliphatic rings. The SMILES string of the molecule is COc1cccc(-c2nc(COC(=O)c3ccc(OC)c(OC)c3)cs2)c1. The molecule has 0 aliphatic carbocycles. The van der Waals surface area contributed by atoms with Gasteiger partial charge in [-0.2, -0.15) is 0 Å². The van der Waals surface area contributed by atoms with Crippen molar-refractivity contribution >= 4 is 17.3 Å². The first kappa shape index (κ1) is 18.7. The maximum atomic E-state index is 12.3. The molecule has 0 fully saturated rings. The highest BCUT2D eigenvalue weighted by Gasteiger charge is 2.13. The lowest BCUT2D eigenvalue weighted by Crippen LogP contribution is -2.06. The Kier molecular flexibility index (Phi) is 5.93. The summed E-state index contributed by atoms with van der Waals surface area (Å²) < 4.78 is 21.0. The molecule has 0 saturated heterocycles. The number of esters is 1. The van der Waals surface area contributed by atoms with Crippen LogP contribution in [0.3, 0.4) is 0 Å². The van der Waals surface area contributed by atoms with Gasteiger partial charge in [0.2, 0.25) is 0 Å². The van der Waals surface area contributed by atoms with Gasteiger partial charge in [0.15, 0.2) is 11.5 Å². The minimum absolute atomic E-state index is 0.0909. The lowest BCUT2D eigenvalue weighted by molar-refractivity contribution is 0.0468. The highest BCUT2D eigenvalue weighted by Crippen LogP contribution is 2.29. The van der Waals surface area contributed by atoms with Crippen molar-refractivity contribution in [1.29, 1.82) is 0 Å². The molecule has 1 aromatic heterocycles. The van der Waals surface area contributed by atoms with Crippen molar-refractivity contribution in [2.45, 2.75) is 6.61 Å². The molecule has 3 aromatic rings. The largest absolute Gasteiger partial charge is 0.497 e. The van der Waals surface area contributed by atoms with E-state index in [1.54, 1.807) is 25.3 Å². The summed E-state index contributed by atoms with van der Waals surface area (Å²) in [5, 5.41) is 2.71. The highest BCUT2D eigenvalue weighted by atomic mass is 32.1. The fourth-order valence-electron chi connectivity index (χ4n) is 2.45. The Balaban J connectivity index is 1.67. The Bertz CT molecular complexity index is 938. The van der Waals surface area contributed by atoms with E-state index in [0.717, 1.165) is 16.3 Å². The smallest absolute Gasteiger partial charge is 0.338 e. The molecule has 0 aliphatic heterocycles. The normalized spacial score (nSPS) is 10.3. The van der Waals surface area contributed by atoms with Gasteiger partial charge < -0.3 is 18.9 Å². The van der Waals surface area contributed by atoms with E-state index >= 15 is 0 Å². The lowest BCUT2D eigenvalue weighted by atomic mass is 10.2. The molecule has 0 N–H and O–H groups in total. The van der Waals surface area contributed by atoms with Crippen LogP contribution >= 0.6 is 11.3 Å². The molecule has 140 valence electrons. The minimum atomic E-state index is -0.452. The second-order valence-corrected chi connectivity index (χ2v) is 6.38. The van der Waals surface area contributed by atoms with Crippen LogP contribution in [0.4, 0.5) is 0 Å². The first-order chi connectivity index (χ1) is 13.1. The number of hydrogen-bond donors (Lipinski definition) is 0. The van der Waals surface area contributed by atoms with Crippen molar-refractivity contribution in [2.75, 3.05) is 21.3 Å². The van der Waals surface area contributed by atoms with Gasteiger partial charge in [-0.05, 0) is 30.3 Å². The molecule has 0 amide bonds. The van der Waals surface area contributed by atoms with Crippen molar-refractivity contribution in [3.63, 3.8) is 0 Å². The standard InChI is InChI=1S/C20H19NO5S/c1-23-16-6-4-5-13(9-16)19-21-15(12-27-19)11-26-20(22)14-7-8-17(24-2)18(10-14)25-3/h4-10,12H,11H2,1-3H3. The second kappa shape index (κ2) is 8.55. The number of carbonyl (C=O) groups is 1. The van der Waals surface area contributed by atoms with Gasteiger partial charge in [0.1, 0.15) is 17.4 Å². The number of benzene rings is 2. The van der Waals surface area contributed by atoms with Crippen LogP contribution in [-0.2, 0) is 11.3 Å². The zero-order valence-corrected chi connectivity index (χ0v) is 16.0. The summed E-state index contributed by atoms with van der Waals surface area (Å²) in [6, 6.07) is 12.5. The molecule has 2 aromatic carbocycles. The molecular formula is C20H19NO5S. The van der Waals surface area contributed by atoms with Crippen molar-refractivity contribution in [3.05, 3.63) is 59.1 Å².